The third-order valence-corrected chi connectivity index (χ3v) is 5.92. The molecule has 0 radical (unpaired) electrons. The fraction of sp³-hybridized carbons (Fsp3) is 0.381. The summed E-state index contributed by atoms with van der Waals surface area (Å²) in [6.07, 6.45) is 4.60. The average Bonchev–Trinajstić information content (AvgIpc) is 3.37. The molecule has 2 saturated heterocycles. The van der Waals surface area contributed by atoms with E-state index in [0.29, 0.717) is 5.41 Å². The van der Waals surface area contributed by atoms with E-state index in [1.165, 1.54) is 50.3 Å². The highest BCUT2D eigenvalue weighted by Gasteiger charge is 2.39. The number of rotatable bonds is 3. The van der Waals surface area contributed by atoms with E-state index in [1.54, 1.807) is 0 Å². The summed E-state index contributed by atoms with van der Waals surface area (Å²) in [6, 6.07) is 17.2. The predicted octanol–water partition coefficient (Wildman–Crippen LogP) is 3.21. The van der Waals surface area contributed by atoms with E-state index in [1.807, 2.05) is 12.4 Å². The second kappa shape index (κ2) is 5.97. The maximum atomic E-state index is 4.49. The number of fused-ring (bicyclic) bond motifs is 1. The smallest absolute Gasteiger partial charge is 0.100 e. The van der Waals surface area contributed by atoms with Crippen LogP contribution in [0.25, 0.3) is 16.7 Å². The molecule has 2 aliphatic rings. The molecule has 25 heavy (non-hydrogen) atoms. The molecule has 1 aromatic heterocycles. The van der Waals surface area contributed by atoms with Crippen LogP contribution in [0.2, 0.25) is 0 Å². The fourth-order valence-corrected chi connectivity index (χ4v) is 4.49. The summed E-state index contributed by atoms with van der Waals surface area (Å²) < 4.78 is 2.16. The Labute approximate surface area is 148 Å². The molecule has 0 aliphatic carbocycles. The lowest BCUT2D eigenvalue weighted by Crippen LogP contribution is -2.28. The highest BCUT2D eigenvalue weighted by atomic mass is 15.2. The third-order valence-electron chi connectivity index (χ3n) is 5.92. The molecular weight excluding hydrogens is 308 g/mol. The summed E-state index contributed by atoms with van der Waals surface area (Å²) in [5, 5.41) is 3.54. The van der Waals surface area contributed by atoms with Gasteiger partial charge in [0.15, 0.2) is 0 Å². The van der Waals surface area contributed by atoms with Gasteiger partial charge in [0.25, 0.3) is 0 Å². The summed E-state index contributed by atoms with van der Waals surface area (Å²) >= 11 is 0. The molecule has 3 aromatic rings. The minimum atomic E-state index is 0.551. The number of para-hydroxylation sites is 2. The van der Waals surface area contributed by atoms with Crippen LogP contribution >= 0.6 is 0 Å². The maximum Gasteiger partial charge on any atom is 0.100 e. The van der Waals surface area contributed by atoms with Crippen molar-refractivity contribution in [1.29, 1.82) is 0 Å². The van der Waals surface area contributed by atoms with Crippen LogP contribution in [0, 0.1) is 5.41 Å². The van der Waals surface area contributed by atoms with Gasteiger partial charge in [0, 0.05) is 25.3 Å². The topological polar surface area (TPSA) is 33.1 Å². The Morgan fingerprint density at radius 2 is 1.92 bits per heavy atom. The highest BCUT2D eigenvalue weighted by molar-refractivity contribution is 5.77. The van der Waals surface area contributed by atoms with Crippen molar-refractivity contribution in [2.45, 2.75) is 19.4 Å². The van der Waals surface area contributed by atoms with Crippen molar-refractivity contribution in [2.24, 2.45) is 5.41 Å². The zero-order valence-corrected chi connectivity index (χ0v) is 14.5. The van der Waals surface area contributed by atoms with Gasteiger partial charge in [-0.25, -0.2) is 4.98 Å². The van der Waals surface area contributed by atoms with Crippen LogP contribution in [0.1, 0.15) is 18.4 Å². The van der Waals surface area contributed by atoms with Gasteiger partial charge in [0.2, 0.25) is 0 Å². The minimum Gasteiger partial charge on any atom is -0.316 e. The molecule has 2 fully saturated rings. The molecule has 0 bridgehead atoms. The van der Waals surface area contributed by atoms with Gasteiger partial charge < -0.3 is 5.32 Å². The number of hydrogen-bond donors (Lipinski definition) is 1. The largest absolute Gasteiger partial charge is 0.316 e. The lowest BCUT2D eigenvalue weighted by atomic mass is 9.86. The van der Waals surface area contributed by atoms with Gasteiger partial charge >= 0.3 is 0 Å². The molecule has 1 spiro atoms. The van der Waals surface area contributed by atoms with E-state index in [-0.39, 0.29) is 0 Å². The molecule has 3 heterocycles. The minimum absolute atomic E-state index is 0.551. The maximum absolute atomic E-state index is 4.49. The fourth-order valence-electron chi connectivity index (χ4n) is 4.49. The standard InChI is InChI=1S/C21H24N4/c1-2-4-20-19(3-1)23-16-25(20)18-7-5-17(6-8-18)13-24-12-10-21(15-24)9-11-22-14-21/h1-8,16,22H,9-15H2. The quantitative estimate of drug-likeness (QED) is 0.799. The van der Waals surface area contributed by atoms with E-state index in [0.717, 1.165) is 17.6 Å². The summed E-state index contributed by atoms with van der Waals surface area (Å²) in [6.45, 7) is 5.94. The molecule has 1 N–H and O–H groups in total. The molecule has 1 unspecified atom stereocenters. The Bertz CT molecular complexity index is 874. The van der Waals surface area contributed by atoms with Crippen LogP contribution in [-0.2, 0) is 6.54 Å². The molecule has 128 valence electrons. The lowest BCUT2D eigenvalue weighted by Gasteiger charge is -2.22. The average molecular weight is 332 g/mol. The molecule has 4 heteroatoms. The zero-order chi connectivity index (χ0) is 16.7. The van der Waals surface area contributed by atoms with Crippen molar-refractivity contribution in [3.8, 4) is 5.69 Å². The van der Waals surface area contributed by atoms with Crippen molar-refractivity contribution in [1.82, 2.24) is 19.8 Å². The number of benzene rings is 2. The van der Waals surface area contributed by atoms with Crippen molar-refractivity contribution in [3.05, 3.63) is 60.4 Å². The van der Waals surface area contributed by atoms with Gasteiger partial charge in [-0.1, -0.05) is 24.3 Å². The lowest BCUT2D eigenvalue weighted by molar-refractivity contribution is 0.268. The van der Waals surface area contributed by atoms with Crippen LogP contribution < -0.4 is 5.32 Å². The van der Waals surface area contributed by atoms with Gasteiger partial charge in [0.1, 0.15) is 6.33 Å². The first kappa shape index (κ1) is 15.1. The first-order chi connectivity index (χ1) is 12.3. The number of nitrogens with zero attached hydrogens (tertiary/aromatic N) is 3. The summed E-state index contributed by atoms with van der Waals surface area (Å²) in [7, 11) is 0. The first-order valence-corrected chi connectivity index (χ1v) is 9.26. The summed E-state index contributed by atoms with van der Waals surface area (Å²) in [4.78, 5) is 7.11. The van der Waals surface area contributed by atoms with Crippen molar-refractivity contribution in [2.75, 3.05) is 26.2 Å². The van der Waals surface area contributed by atoms with Crippen molar-refractivity contribution < 1.29 is 0 Å². The number of likely N-dealkylation sites (tertiary alicyclic amines) is 1. The Kier molecular flexibility index (Phi) is 3.61. The SMILES string of the molecule is c1ccc2c(c1)ncn2-c1ccc(CN2CCC3(CCNC3)C2)cc1. The molecule has 5 rings (SSSR count). The van der Waals surface area contributed by atoms with E-state index in [2.05, 4.69) is 62.2 Å². The Hall–Kier alpha value is -2.17. The number of hydrogen-bond acceptors (Lipinski definition) is 3. The Morgan fingerprint density at radius 1 is 1.04 bits per heavy atom. The van der Waals surface area contributed by atoms with Crippen LogP contribution in [-0.4, -0.2) is 40.6 Å². The van der Waals surface area contributed by atoms with Crippen molar-refractivity contribution in [3.63, 3.8) is 0 Å². The third kappa shape index (κ3) is 2.75. The summed E-state index contributed by atoms with van der Waals surface area (Å²) in [5.74, 6) is 0. The second-order valence-corrected chi connectivity index (χ2v) is 7.66. The Balaban J connectivity index is 1.32. The summed E-state index contributed by atoms with van der Waals surface area (Å²) in [5.41, 5.74) is 5.33. The van der Waals surface area contributed by atoms with Gasteiger partial charge in [-0.3, -0.25) is 9.47 Å². The van der Waals surface area contributed by atoms with E-state index < -0.39 is 0 Å². The van der Waals surface area contributed by atoms with Gasteiger partial charge in [-0.05, 0) is 61.2 Å². The molecule has 0 amide bonds. The monoisotopic (exact) mass is 332 g/mol. The van der Waals surface area contributed by atoms with Crippen LogP contribution in [0.4, 0.5) is 0 Å². The predicted molar refractivity (Wildman–Crippen MR) is 101 cm³/mol. The molecule has 4 nitrogen and oxygen atoms in total. The van der Waals surface area contributed by atoms with Gasteiger partial charge in [-0.15, -0.1) is 0 Å². The van der Waals surface area contributed by atoms with E-state index in [9.17, 15) is 0 Å². The van der Waals surface area contributed by atoms with E-state index >= 15 is 0 Å². The molecule has 0 saturated carbocycles. The highest BCUT2D eigenvalue weighted by Crippen LogP contribution is 2.36. The molecular formula is C21H24N4. The first-order valence-electron chi connectivity index (χ1n) is 9.26. The van der Waals surface area contributed by atoms with Gasteiger partial charge in [-0.2, -0.15) is 0 Å². The van der Waals surface area contributed by atoms with Crippen LogP contribution in [0.15, 0.2) is 54.9 Å². The molecule has 1 atom stereocenters. The van der Waals surface area contributed by atoms with Crippen molar-refractivity contribution >= 4 is 11.0 Å². The van der Waals surface area contributed by atoms with Crippen LogP contribution in [0.5, 0.6) is 0 Å². The number of imidazole rings is 1. The molecule has 2 aliphatic heterocycles. The normalized spacial score (nSPS) is 23.8. The van der Waals surface area contributed by atoms with Crippen LogP contribution in [0.3, 0.4) is 0 Å². The molecule has 2 aromatic carbocycles. The van der Waals surface area contributed by atoms with E-state index in [4.69, 9.17) is 0 Å². The Morgan fingerprint density at radius 3 is 2.76 bits per heavy atom. The number of nitrogens with one attached hydrogen (secondary N) is 1. The second-order valence-electron chi connectivity index (χ2n) is 7.66. The number of aromatic nitrogens is 2. The van der Waals surface area contributed by atoms with Gasteiger partial charge in [0.05, 0.1) is 11.0 Å². The zero-order valence-electron chi connectivity index (χ0n) is 14.5.